The predicted molar refractivity (Wildman–Crippen MR) is 133 cm³/mol. The summed E-state index contributed by atoms with van der Waals surface area (Å²) >= 11 is 0. The van der Waals surface area contributed by atoms with Crippen molar-refractivity contribution >= 4 is 29.9 Å². The molecule has 1 aliphatic heterocycles. The number of imidazole rings is 1. The molecule has 34 heavy (non-hydrogen) atoms. The number of nitrogens with one attached hydrogen (secondary N) is 3. The minimum Gasteiger partial charge on any atom is -0.383 e. The molecule has 0 spiro atoms. The summed E-state index contributed by atoms with van der Waals surface area (Å²) in [6.45, 7) is 2.69. The molecule has 178 valence electrons. The summed E-state index contributed by atoms with van der Waals surface area (Å²) in [5.74, 6) is -1.04. The van der Waals surface area contributed by atoms with Crippen LogP contribution in [-0.2, 0) is 14.3 Å². The first-order valence-electron chi connectivity index (χ1n) is 11.1. The summed E-state index contributed by atoms with van der Waals surface area (Å²) < 4.78 is 6.88. The molecule has 9 nitrogen and oxygen atoms in total. The van der Waals surface area contributed by atoms with E-state index in [-0.39, 0.29) is 18.2 Å². The number of carbonyl (C=O) groups excluding carboxylic acids is 2. The fourth-order valence-electron chi connectivity index (χ4n) is 3.61. The van der Waals surface area contributed by atoms with E-state index in [0.717, 1.165) is 23.3 Å². The van der Waals surface area contributed by atoms with E-state index in [9.17, 15) is 9.59 Å². The zero-order valence-electron chi connectivity index (χ0n) is 19.6. The largest absolute Gasteiger partial charge is 0.383 e. The van der Waals surface area contributed by atoms with Crippen LogP contribution in [0.4, 0.5) is 0 Å². The molecule has 0 saturated carbocycles. The van der Waals surface area contributed by atoms with Gasteiger partial charge in [0.25, 0.3) is 5.91 Å². The number of ether oxygens (including phenoxy) is 1. The highest BCUT2D eigenvalue weighted by Gasteiger charge is 2.27. The van der Waals surface area contributed by atoms with Crippen molar-refractivity contribution in [2.75, 3.05) is 27.3 Å². The molecule has 3 N–H and O–H groups in total. The van der Waals surface area contributed by atoms with Gasteiger partial charge in [0.05, 0.1) is 12.3 Å². The molecule has 1 aromatic heterocycles. The fraction of sp³-hybridized carbons (Fsp3) is 0.320. The second-order valence-electron chi connectivity index (χ2n) is 7.86. The van der Waals surface area contributed by atoms with Crippen LogP contribution in [0, 0.1) is 11.3 Å². The molecule has 0 saturated heterocycles. The number of fused-ring (bicyclic) bond motifs is 1. The Bertz CT molecular complexity index is 1120. The number of hydrogen-bond donors (Lipinski definition) is 3. The molecule has 3 rings (SSSR count). The molecule has 2 unspecified atom stereocenters. The van der Waals surface area contributed by atoms with Crippen molar-refractivity contribution in [2.45, 2.75) is 19.3 Å². The van der Waals surface area contributed by atoms with E-state index < -0.39 is 17.7 Å². The summed E-state index contributed by atoms with van der Waals surface area (Å²) in [6, 6.07) is 9.97. The molecule has 0 aliphatic carbocycles. The second kappa shape index (κ2) is 11.9. The van der Waals surface area contributed by atoms with Gasteiger partial charge in [-0.1, -0.05) is 43.3 Å². The van der Waals surface area contributed by atoms with Gasteiger partial charge in [0.2, 0.25) is 5.91 Å². The highest BCUT2D eigenvalue weighted by Crippen LogP contribution is 2.26. The molecule has 0 radical (unpaired) electrons. The summed E-state index contributed by atoms with van der Waals surface area (Å²) in [5, 5.41) is 13.1. The van der Waals surface area contributed by atoms with Gasteiger partial charge in [0.15, 0.2) is 0 Å². The number of benzene rings is 1. The Morgan fingerprint density at radius 2 is 2.12 bits per heavy atom. The highest BCUT2D eigenvalue weighted by atomic mass is 16.5. The number of aromatic nitrogens is 2. The minimum absolute atomic E-state index is 0.0380. The van der Waals surface area contributed by atoms with Crippen molar-refractivity contribution in [3.63, 3.8) is 0 Å². The lowest BCUT2D eigenvalue weighted by Crippen LogP contribution is -2.44. The lowest BCUT2D eigenvalue weighted by molar-refractivity contribution is -0.122. The third kappa shape index (κ3) is 5.93. The molecule has 2 aromatic rings. The number of carbonyl (C=O) groups is 2. The minimum atomic E-state index is -1.09. The van der Waals surface area contributed by atoms with Crippen LogP contribution in [0.5, 0.6) is 0 Å². The summed E-state index contributed by atoms with van der Waals surface area (Å²) in [5.41, 5.74) is 2.47. The van der Waals surface area contributed by atoms with E-state index in [1.165, 1.54) is 14.2 Å². The van der Waals surface area contributed by atoms with E-state index >= 15 is 0 Å². The van der Waals surface area contributed by atoms with Crippen molar-refractivity contribution in [2.24, 2.45) is 10.9 Å². The monoisotopic (exact) mass is 462 g/mol. The molecular weight excluding hydrogens is 432 g/mol. The van der Waals surface area contributed by atoms with E-state index in [0.29, 0.717) is 18.7 Å². The van der Waals surface area contributed by atoms with Crippen LogP contribution in [0.2, 0.25) is 0 Å². The normalized spacial score (nSPS) is 16.5. The Morgan fingerprint density at radius 3 is 2.79 bits per heavy atom. The second-order valence-corrected chi connectivity index (χ2v) is 7.86. The molecular formula is C25H30N6O3. The fourth-order valence-corrected chi connectivity index (χ4v) is 3.61. The third-order valence-corrected chi connectivity index (χ3v) is 5.46. The van der Waals surface area contributed by atoms with Crippen molar-refractivity contribution < 1.29 is 14.3 Å². The predicted octanol–water partition coefficient (Wildman–Crippen LogP) is 2.63. The molecule has 2 atom stereocenters. The smallest absolute Gasteiger partial charge is 0.270 e. The van der Waals surface area contributed by atoms with Crippen LogP contribution in [0.3, 0.4) is 0 Å². The molecule has 2 heterocycles. The molecule has 0 fully saturated rings. The Balaban J connectivity index is 1.75. The van der Waals surface area contributed by atoms with E-state index in [1.54, 1.807) is 6.08 Å². The van der Waals surface area contributed by atoms with Crippen LogP contribution < -0.4 is 10.6 Å². The van der Waals surface area contributed by atoms with Crippen LogP contribution >= 0.6 is 0 Å². The summed E-state index contributed by atoms with van der Waals surface area (Å²) in [6.07, 6.45) is 9.11. The highest BCUT2D eigenvalue weighted by molar-refractivity contribution is 6.46. The van der Waals surface area contributed by atoms with Crippen LogP contribution in [0.25, 0.3) is 17.5 Å². The van der Waals surface area contributed by atoms with Gasteiger partial charge in [-0.3, -0.25) is 14.6 Å². The lowest BCUT2D eigenvalue weighted by atomic mass is 10.0. The van der Waals surface area contributed by atoms with E-state index in [4.69, 9.17) is 15.1 Å². The number of methoxy groups -OCH3 is 1. The van der Waals surface area contributed by atoms with Gasteiger partial charge in [0.1, 0.15) is 17.5 Å². The van der Waals surface area contributed by atoms with Gasteiger partial charge in [-0.05, 0) is 12.5 Å². The number of amides is 2. The molecule has 2 amide bonds. The first kappa shape index (κ1) is 24.8. The van der Waals surface area contributed by atoms with Gasteiger partial charge in [-0.2, -0.15) is 0 Å². The third-order valence-electron chi connectivity index (χ3n) is 5.46. The Morgan fingerprint density at radius 1 is 1.35 bits per heavy atom. The number of aliphatic imine (C=N–C) groups is 1. The van der Waals surface area contributed by atoms with Crippen LogP contribution in [0.15, 0.2) is 59.4 Å². The summed E-state index contributed by atoms with van der Waals surface area (Å²) in [7, 11) is 2.96. The molecule has 9 heteroatoms. The van der Waals surface area contributed by atoms with Crippen molar-refractivity contribution in [3.05, 3.63) is 60.2 Å². The summed E-state index contributed by atoms with van der Waals surface area (Å²) in [4.78, 5) is 34.2. The number of nitrogens with zero attached hydrogens (tertiary/aromatic N) is 3. The standard InChI is InChI=1S/C25H30N6O3/c1-17-9-10-19(11-13-31-16-21(30-23(17)31)18-7-5-4-6-8-18)29-25(33)22(27-2)20(15-26)24(32)28-12-14-34-3/h4-8,10-11,13,15-17,20,26H,9,12,14H2,1-3H3,(H,28,32)(H,29,33). The lowest BCUT2D eigenvalue weighted by Gasteiger charge is -2.17. The van der Waals surface area contributed by atoms with Gasteiger partial charge in [-0.25, -0.2) is 4.98 Å². The molecule has 0 bridgehead atoms. The van der Waals surface area contributed by atoms with Gasteiger partial charge in [-0.15, -0.1) is 0 Å². The van der Waals surface area contributed by atoms with Gasteiger partial charge < -0.3 is 25.3 Å². The van der Waals surface area contributed by atoms with Crippen molar-refractivity contribution in [3.8, 4) is 11.3 Å². The van der Waals surface area contributed by atoms with Crippen molar-refractivity contribution in [1.82, 2.24) is 20.2 Å². The zero-order chi connectivity index (χ0) is 24.5. The van der Waals surface area contributed by atoms with Crippen molar-refractivity contribution in [1.29, 1.82) is 5.41 Å². The Hall–Kier alpha value is -3.85. The average molecular weight is 463 g/mol. The SMILES string of the molecule is CN=C(C(=O)NC1=CCC(C)c2nc(-c3ccccc3)cn2C=C1)C(C=N)C(=O)NCCOC. The topological polar surface area (TPSA) is 121 Å². The van der Waals surface area contributed by atoms with Gasteiger partial charge in [0, 0.05) is 56.5 Å². The quantitative estimate of drug-likeness (QED) is 0.392. The molecule has 1 aromatic carbocycles. The van der Waals surface area contributed by atoms with Gasteiger partial charge >= 0.3 is 0 Å². The Labute approximate surface area is 199 Å². The Kier molecular flexibility index (Phi) is 8.64. The zero-order valence-corrected chi connectivity index (χ0v) is 19.6. The van der Waals surface area contributed by atoms with Crippen LogP contribution in [0.1, 0.15) is 25.1 Å². The maximum absolute atomic E-state index is 12.9. The first-order valence-corrected chi connectivity index (χ1v) is 11.1. The molecule has 1 aliphatic rings. The maximum atomic E-state index is 12.9. The van der Waals surface area contributed by atoms with E-state index in [2.05, 4.69) is 22.5 Å². The average Bonchev–Trinajstić information content (AvgIpc) is 3.27. The van der Waals surface area contributed by atoms with E-state index in [1.807, 2.05) is 53.4 Å². The first-order chi connectivity index (χ1) is 16.5. The van der Waals surface area contributed by atoms with Crippen LogP contribution in [-0.4, -0.2) is 60.6 Å². The number of hydrogen-bond acceptors (Lipinski definition) is 6. The number of allylic oxidation sites excluding steroid dienone is 2. The number of rotatable bonds is 9. The maximum Gasteiger partial charge on any atom is 0.270 e.